The van der Waals surface area contributed by atoms with E-state index in [9.17, 15) is 0 Å². The molecule has 0 heterocycles. The first-order valence-corrected chi connectivity index (χ1v) is 7.88. The van der Waals surface area contributed by atoms with Crippen LogP contribution in [-0.2, 0) is 0 Å². The monoisotopic (exact) mass is 257 g/mol. The van der Waals surface area contributed by atoms with Crippen LogP contribution in [0.3, 0.4) is 0 Å². The summed E-state index contributed by atoms with van der Waals surface area (Å²) in [5.74, 6) is 0. The fraction of sp³-hybridized carbons (Fsp3) is 1.00. The summed E-state index contributed by atoms with van der Waals surface area (Å²) in [5.41, 5.74) is 0. The Hall–Kier alpha value is -0.120. The van der Waals surface area contributed by atoms with Crippen LogP contribution in [-0.4, -0.2) is 73.6 Å². The van der Waals surface area contributed by atoms with Crippen molar-refractivity contribution in [3.63, 3.8) is 0 Å². The van der Waals surface area contributed by atoms with E-state index in [2.05, 4.69) is 49.3 Å². The van der Waals surface area contributed by atoms with E-state index in [1.165, 1.54) is 65.3 Å². The summed E-state index contributed by atoms with van der Waals surface area (Å²) in [6.45, 7) is 22.1. The molecule has 0 aromatic carbocycles. The quantitative estimate of drug-likeness (QED) is 0.531. The summed E-state index contributed by atoms with van der Waals surface area (Å²) >= 11 is 0. The van der Waals surface area contributed by atoms with Crippen molar-refractivity contribution in [1.82, 2.24) is 14.7 Å². The van der Waals surface area contributed by atoms with Crippen LogP contribution in [0.2, 0.25) is 0 Å². The van der Waals surface area contributed by atoms with Crippen molar-refractivity contribution in [1.29, 1.82) is 0 Å². The van der Waals surface area contributed by atoms with Crippen LogP contribution in [0.15, 0.2) is 0 Å². The summed E-state index contributed by atoms with van der Waals surface area (Å²) in [6.07, 6.45) is 1.26. The van der Waals surface area contributed by atoms with Gasteiger partial charge in [0, 0.05) is 26.2 Å². The molecule has 0 aliphatic rings. The van der Waals surface area contributed by atoms with Crippen LogP contribution in [0, 0.1) is 0 Å². The predicted octanol–water partition coefficient (Wildman–Crippen LogP) is 2.38. The zero-order valence-corrected chi connectivity index (χ0v) is 13.4. The van der Waals surface area contributed by atoms with Crippen molar-refractivity contribution >= 4 is 0 Å². The molecule has 0 aromatic heterocycles. The van der Waals surface area contributed by atoms with E-state index in [1.807, 2.05) is 0 Å². The predicted molar refractivity (Wildman–Crippen MR) is 82.3 cm³/mol. The molecule has 0 bridgehead atoms. The van der Waals surface area contributed by atoms with E-state index in [1.54, 1.807) is 0 Å². The Morgan fingerprint density at radius 2 is 0.778 bits per heavy atom. The number of hydrogen-bond acceptors (Lipinski definition) is 3. The van der Waals surface area contributed by atoms with Gasteiger partial charge in [-0.15, -0.1) is 0 Å². The van der Waals surface area contributed by atoms with Gasteiger partial charge in [-0.2, -0.15) is 0 Å². The summed E-state index contributed by atoms with van der Waals surface area (Å²) < 4.78 is 0. The van der Waals surface area contributed by atoms with Crippen LogP contribution in [0.25, 0.3) is 0 Å². The molecule has 0 aromatic rings. The van der Waals surface area contributed by atoms with Crippen LogP contribution < -0.4 is 0 Å². The Morgan fingerprint density at radius 3 is 1.11 bits per heavy atom. The number of hydrogen-bond donors (Lipinski definition) is 0. The highest BCUT2D eigenvalue weighted by atomic mass is 15.2. The molecule has 0 radical (unpaired) electrons. The lowest BCUT2D eigenvalue weighted by molar-refractivity contribution is 0.188. The van der Waals surface area contributed by atoms with Crippen molar-refractivity contribution in [2.24, 2.45) is 0 Å². The summed E-state index contributed by atoms with van der Waals surface area (Å²) in [5, 5.41) is 0. The van der Waals surface area contributed by atoms with E-state index >= 15 is 0 Å². The maximum atomic E-state index is 2.58. The fourth-order valence-electron chi connectivity index (χ4n) is 2.28. The molecule has 3 nitrogen and oxygen atoms in total. The van der Waals surface area contributed by atoms with E-state index in [0.29, 0.717) is 0 Å². The lowest BCUT2D eigenvalue weighted by atomic mass is 10.3. The Kier molecular flexibility index (Phi) is 11.9. The second-order valence-corrected chi connectivity index (χ2v) is 4.90. The van der Waals surface area contributed by atoms with Gasteiger partial charge in [-0.3, -0.25) is 0 Å². The highest BCUT2D eigenvalue weighted by molar-refractivity contribution is 4.63. The summed E-state index contributed by atoms with van der Waals surface area (Å²) in [4.78, 5) is 7.64. The average Bonchev–Trinajstić information content (AvgIpc) is 2.41. The Morgan fingerprint density at radius 1 is 0.444 bits per heavy atom. The van der Waals surface area contributed by atoms with Gasteiger partial charge in [-0.05, 0) is 39.1 Å². The number of nitrogens with zero attached hydrogens (tertiary/aromatic N) is 3. The van der Waals surface area contributed by atoms with E-state index in [4.69, 9.17) is 0 Å². The zero-order valence-electron chi connectivity index (χ0n) is 13.4. The Balaban J connectivity index is 3.87. The first-order valence-electron chi connectivity index (χ1n) is 7.88. The van der Waals surface area contributed by atoms with Gasteiger partial charge in [0.1, 0.15) is 0 Å². The average molecular weight is 257 g/mol. The number of rotatable bonds is 12. The van der Waals surface area contributed by atoms with Crippen molar-refractivity contribution in [2.45, 2.75) is 41.0 Å². The molecule has 0 rings (SSSR count). The molecule has 0 spiro atoms. The van der Waals surface area contributed by atoms with Crippen molar-refractivity contribution in [3.05, 3.63) is 0 Å². The minimum absolute atomic E-state index is 1.17. The second-order valence-electron chi connectivity index (χ2n) is 4.90. The summed E-state index contributed by atoms with van der Waals surface area (Å²) in [7, 11) is 0. The SMILES string of the molecule is CCCN(CC)CCN(CC)CCN(CC)CC. The minimum atomic E-state index is 1.17. The Labute approximate surface area is 115 Å². The first-order chi connectivity index (χ1) is 8.71. The van der Waals surface area contributed by atoms with Gasteiger partial charge in [-0.1, -0.05) is 34.6 Å². The third-order valence-electron chi connectivity index (χ3n) is 3.79. The molecular formula is C15H35N3. The fourth-order valence-corrected chi connectivity index (χ4v) is 2.28. The molecule has 110 valence electrons. The lowest BCUT2D eigenvalue weighted by Crippen LogP contribution is -2.39. The van der Waals surface area contributed by atoms with Crippen molar-refractivity contribution in [2.75, 3.05) is 58.9 Å². The molecule has 0 amide bonds. The lowest BCUT2D eigenvalue weighted by Gasteiger charge is -2.28. The normalized spacial score (nSPS) is 12.0. The zero-order chi connectivity index (χ0) is 13.8. The molecule has 3 heteroatoms. The molecule has 0 saturated heterocycles. The maximum absolute atomic E-state index is 2.58. The maximum Gasteiger partial charge on any atom is 0.0110 e. The topological polar surface area (TPSA) is 9.72 Å². The van der Waals surface area contributed by atoms with Crippen molar-refractivity contribution < 1.29 is 0 Å². The van der Waals surface area contributed by atoms with Gasteiger partial charge in [0.2, 0.25) is 0 Å². The van der Waals surface area contributed by atoms with Crippen LogP contribution in [0.5, 0.6) is 0 Å². The molecule has 0 unspecified atom stereocenters. The van der Waals surface area contributed by atoms with Gasteiger partial charge in [0.25, 0.3) is 0 Å². The Bertz CT molecular complexity index is 169. The van der Waals surface area contributed by atoms with Crippen LogP contribution >= 0.6 is 0 Å². The van der Waals surface area contributed by atoms with E-state index in [-0.39, 0.29) is 0 Å². The highest BCUT2D eigenvalue weighted by Gasteiger charge is 2.07. The third-order valence-corrected chi connectivity index (χ3v) is 3.79. The van der Waals surface area contributed by atoms with Gasteiger partial charge in [-0.25, -0.2) is 0 Å². The van der Waals surface area contributed by atoms with Crippen molar-refractivity contribution in [3.8, 4) is 0 Å². The van der Waals surface area contributed by atoms with E-state index in [0.717, 1.165) is 0 Å². The molecule has 0 saturated carbocycles. The first kappa shape index (κ1) is 17.9. The van der Waals surface area contributed by atoms with Crippen LogP contribution in [0.4, 0.5) is 0 Å². The highest BCUT2D eigenvalue weighted by Crippen LogP contribution is 1.96. The molecule has 0 N–H and O–H groups in total. The van der Waals surface area contributed by atoms with Gasteiger partial charge >= 0.3 is 0 Å². The van der Waals surface area contributed by atoms with Crippen LogP contribution in [0.1, 0.15) is 41.0 Å². The standard InChI is InChI=1S/C15H35N3/c1-6-11-17(9-4)14-15-18(10-5)13-12-16(7-2)8-3/h6-15H2,1-5H3. The number of likely N-dealkylation sites (N-methyl/N-ethyl adjacent to an activating group) is 3. The molecule has 0 fully saturated rings. The van der Waals surface area contributed by atoms with Gasteiger partial charge in [0.05, 0.1) is 0 Å². The summed E-state index contributed by atoms with van der Waals surface area (Å²) in [6, 6.07) is 0. The second kappa shape index (κ2) is 11.9. The molecule has 0 atom stereocenters. The van der Waals surface area contributed by atoms with Gasteiger partial charge < -0.3 is 14.7 Å². The smallest absolute Gasteiger partial charge is 0.0110 e. The molecule has 18 heavy (non-hydrogen) atoms. The molecule has 0 aliphatic heterocycles. The van der Waals surface area contributed by atoms with Gasteiger partial charge in [0.15, 0.2) is 0 Å². The minimum Gasteiger partial charge on any atom is -0.303 e. The molecule has 0 aliphatic carbocycles. The third kappa shape index (κ3) is 8.06. The molecular weight excluding hydrogens is 222 g/mol. The van der Waals surface area contributed by atoms with E-state index < -0.39 is 0 Å². The largest absolute Gasteiger partial charge is 0.303 e.